The molecule has 2 aromatic rings. The number of ether oxygens (including phenoxy) is 1. The third kappa shape index (κ3) is 4.84. The molecule has 0 spiro atoms. The number of hydrogen-bond donors (Lipinski definition) is 2. The molecule has 0 unspecified atom stereocenters. The molecule has 0 saturated carbocycles. The quantitative estimate of drug-likeness (QED) is 0.857. The molecule has 0 aromatic heterocycles. The van der Waals surface area contributed by atoms with Gasteiger partial charge in [-0.15, -0.1) is 0 Å². The van der Waals surface area contributed by atoms with Gasteiger partial charge >= 0.3 is 0 Å². The molecule has 5 heteroatoms. The van der Waals surface area contributed by atoms with Crippen LogP contribution in [0.3, 0.4) is 0 Å². The van der Waals surface area contributed by atoms with E-state index < -0.39 is 0 Å². The largest absolute Gasteiger partial charge is 0.483 e. The molecule has 0 fully saturated rings. The Morgan fingerprint density at radius 3 is 2.38 bits per heavy atom. The summed E-state index contributed by atoms with van der Waals surface area (Å²) in [5.41, 5.74) is 3.32. The number of aryl methyl sites for hydroxylation is 2. The van der Waals surface area contributed by atoms with E-state index in [1.54, 1.807) is 24.3 Å². The van der Waals surface area contributed by atoms with Crippen molar-refractivity contribution in [2.24, 2.45) is 0 Å². The van der Waals surface area contributed by atoms with E-state index in [0.29, 0.717) is 23.5 Å². The lowest BCUT2D eigenvalue weighted by atomic mass is 10.1. The highest BCUT2D eigenvalue weighted by Gasteiger charge is 2.07. The number of anilines is 1. The number of rotatable bonds is 6. The van der Waals surface area contributed by atoms with Crippen LogP contribution in [0.15, 0.2) is 42.5 Å². The van der Waals surface area contributed by atoms with E-state index in [-0.39, 0.29) is 18.4 Å². The Kier molecular flexibility index (Phi) is 5.95. The smallest absolute Gasteiger partial charge is 0.262 e. The highest BCUT2D eigenvalue weighted by molar-refractivity contribution is 5.96. The van der Waals surface area contributed by atoms with Crippen molar-refractivity contribution in [3.63, 3.8) is 0 Å². The van der Waals surface area contributed by atoms with E-state index in [4.69, 9.17) is 4.74 Å². The van der Waals surface area contributed by atoms with Gasteiger partial charge in [0.1, 0.15) is 5.75 Å². The minimum absolute atomic E-state index is 0.0675. The van der Waals surface area contributed by atoms with Gasteiger partial charge in [-0.05, 0) is 56.7 Å². The Labute approximate surface area is 142 Å². The van der Waals surface area contributed by atoms with Crippen LogP contribution in [0, 0.1) is 13.8 Å². The zero-order valence-corrected chi connectivity index (χ0v) is 14.2. The zero-order valence-electron chi connectivity index (χ0n) is 14.2. The van der Waals surface area contributed by atoms with Crippen LogP contribution < -0.4 is 15.4 Å². The van der Waals surface area contributed by atoms with Crippen molar-refractivity contribution in [2.45, 2.75) is 20.8 Å². The van der Waals surface area contributed by atoms with Crippen LogP contribution in [-0.2, 0) is 4.79 Å². The van der Waals surface area contributed by atoms with E-state index in [1.165, 1.54) is 0 Å². The van der Waals surface area contributed by atoms with Gasteiger partial charge in [0.05, 0.1) is 0 Å². The molecule has 0 saturated heterocycles. The lowest BCUT2D eigenvalue weighted by Crippen LogP contribution is -2.23. The molecule has 0 atom stereocenters. The monoisotopic (exact) mass is 326 g/mol. The molecule has 0 radical (unpaired) electrons. The number of benzene rings is 2. The van der Waals surface area contributed by atoms with Crippen molar-refractivity contribution >= 4 is 17.5 Å². The van der Waals surface area contributed by atoms with Gasteiger partial charge in [-0.25, -0.2) is 0 Å². The minimum Gasteiger partial charge on any atom is -0.483 e. The van der Waals surface area contributed by atoms with E-state index >= 15 is 0 Å². The van der Waals surface area contributed by atoms with Gasteiger partial charge in [0.2, 0.25) is 0 Å². The number of nitrogens with one attached hydrogen (secondary N) is 2. The van der Waals surface area contributed by atoms with Crippen molar-refractivity contribution in [1.29, 1.82) is 0 Å². The van der Waals surface area contributed by atoms with E-state index in [1.807, 2.05) is 39.0 Å². The highest BCUT2D eigenvalue weighted by atomic mass is 16.5. The fourth-order valence-electron chi connectivity index (χ4n) is 2.27. The van der Waals surface area contributed by atoms with Crippen molar-refractivity contribution in [3.8, 4) is 5.75 Å². The summed E-state index contributed by atoms with van der Waals surface area (Å²) in [4.78, 5) is 23.6. The van der Waals surface area contributed by atoms with E-state index in [2.05, 4.69) is 10.6 Å². The van der Waals surface area contributed by atoms with Crippen LogP contribution in [0.2, 0.25) is 0 Å². The Balaban J connectivity index is 1.89. The molecule has 0 bridgehead atoms. The SMILES string of the molecule is CCNC(=O)c1ccc(NC(=O)COc2ccc(C)cc2C)cc1. The summed E-state index contributed by atoms with van der Waals surface area (Å²) < 4.78 is 5.54. The van der Waals surface area contributed by atoms with Crippen molar-refractivity contribution in [3.05, 3.63) is 59.2 Å². The summed E-state index contributed by atoms with van der Waals surface area (Å²) >= 11 is 0. The lowest BCUT2D eigenvalue weighted by molar-refractivity contribution is -0.118. The van der Waals surface area contributed by atoms with Crippen molar-refractivity contribution < 1.29 is 14.3 Å². The standard InChI is InChI=1S/C19H22N2O3/c1-4-20-19(23)15-6-8-16(9-7-15)21-18(22)12-24-17-10-5-13(2)11-14(17)3/h5-11H,4,12H2,1-3H3,(H,20,23)(H,21,22). The average molecular weight is 326 g/mol. The molecule has 0 aliphatic carbocycles. The summed E-state index contributed by atoms with van der Waals surface area (Å²) in [6.07, 6.45) is 0. The first-order valence-corrected chi connectivity index (χ1v) is 7.87. The Morgan fingerprint density at radius 1 is 1.04 bits per heavy atom. The predicted molar refractivity (Wildman–Crippen MR) is 94.5 cm³/mol. The number of carbonyl (C=O) groups excluding carboxylic acids is 2. The van der Waals surface area contributed by atoms with Crippen LogP contribution in [0.1, 0.15) is 28.4 Å². The third-order valence-electron chi connectivity index (χ3n) is 3.46. The van der Waals surface area contributed by atoms with Crippen molar-refractivity contribution in [2.75, 3.05) is 18.5 Å². The summed E-state index contributed by atoms with van der Waals surface area (Å²) in [5.74, 6) is 0.316. The number of carbonyl (C=O) groups is 2. The lowest BCUT2D eigenvalue weighted by Gasteiger charge is -2.10. The maximum atomic E-state index is 12.0. The molecule has 0 aliphatic rings. The molecule has 2 aromatic carbocycles. The molecule has 2 amide bonds. The maximum absolute atomic E-state index is 12.0. The Bertz CT molecular complexity index is 724. The van der Waals surface area contributed by atoms with Crippen LogP contribution >= 0.6 is 0 Å². The topological polar surface area (TPSA) is 67.4 Å². The number of hydrogen-bond acceptors (Lipinski definition) is 3. The second-order valence-electron chi connectivity index (χ2n) is 5.54. The second-order valence-corrected chi connectivity index (χ2v) is 5.54. The Hall–Kier alpha value is -2.82. The van der Waals surface area contributed by atoms with Gasteiger partial charge in [0, 0.05) is 17.8 Å². The molecule has 0 aliphatic heterocycles. The second kappa shape index (κ2) is 8.15. The van der Waals surface area contributed by atoms with Gasteiger partial charge < -0.3 is 15.4 Å². The predicted octanol–water partition coefficient (Wildman–Crippen LogP) is 3.07. The van der Waals surface area contributed by atoms with Gasteiger partial charge in [0.15, 0.2) is 6.61 Å². The minimum atomic E-state index is -0.249. The van der Waals surface area contributed by atoms with Crippen LogP contribution in [0.4, 0.5) is 5.69 Å². The maximum Gasteiger partial charge on any atom is 0.262 e. The molecule has 5 nitrogen and oxygen atoms in total. The third-order valence-corrected chi connectivity index (χ3v) is 3.46. The first-order chi connectivity index (χ1) is 11.5. The van der Waals surface area contributed by atoms with E-state index in [0.717, 1.165) is 11.1 Å². The van der Waals surface area contributed by atoms with Crippen molar-refractivity contribution in [1.82, 2.24) is 5.32 Å². The molecular weight excluding hydrogens is 304 g/mol. The Morgan fingerprint density at radius 2 is 1.75 bits per heavy atom. The summed E-state index contributed by atoms with van der Waals surface area (Å²) in [6, 6.07) is 12.5. The van der Waals surface area contributed by atoms with Gasteiger partial charge in [0.25, 0.3) is 11.8 Å². The van der Waals surface area contributed by atoms with Crippen LogP contribution in [0.5, 0.6) is 5.75 Å². The van der Waals surface area contributed by atoms with Gasteiger partial charge in [-0.2, -0.15) is 0 Å². The van der Waals surface area contributed by atoms with Gasteiger partial charge in [-0.1, -0.05) is 17.7 Å². The molecule has 2 rings (SSSR count). The first kappa shape index (κ1) is 17.5. The molecule has 2 N–H and O–H groups in total. The molecule has 24 heavy (non-hydrogen) atoms. The number of amides is 2. The van der Waals surface area contributed by atoms with E-state index in [9.17, 15) is 9.59 Å². The summed E-state index contributed by atoms with van der Waals surface area (Å²) in [5, 5.41) is 5.47. The first-order valence-electron chi connectivity index (χ1n) is 7.87. The average Bonchev–Trinajstić information content (AvgIpc) is 2.55. The fourth-order valence-corrected chi connectivity index (χ4v) is 2.27. The fraction of sp³-hybridized carbons (Fsp3) is 0.263. The molecule has 0 heterocycles. The van der Waals surface area contributed by atoms with Crippen LogP contribution in [0.25, 0.3) is 0 Å². The normalized spacial score (nSPS) is 10.1. The highest BCUT2D eigenvalue weighted by Crippen LogP contribution is 2.18. The van der Waals surface area contributed by atoms with Crippen LogP contribution in [-0.4, -0.2) is 25.0 Å². The molecular formula is C19H22N2O3. The zero-order chi connectivity index (χ0) is 17.5. The summed E-state index contributed by atoms with van der Waals surface area (Å²) in [7, 11) is 0. The molecule has 126 valence electrons. The van der Waals surface area contributed by atoms with Gasteiger partial charge in [-0.3, -0.25) is 9.59 Å². The summed E-state index contributed by atoms with van der Waals surface area (Å²) in [6.45, 7) is 6.32.